The van der Waals surface area contributed by atoms with Crippen LogP contribution in [-0.2, 0) is 9.31 Å². The Labute approximate surface area is 122 Å². The van der Waals surface area contributed by atoms with Crippen molar-refractivity contribution in [3.63, 3.8) is 0 Å². The molecule has 2 aliphatic rings. The molecule has 0 atom stereocenters. The van der Waals surface area contributed by atoms with Crippen LogP contribution in [0.5, 0.6) is 0 Å². The lowest BCUT2D eigenvalue weighted by molar-refractivity contribution is 0.00578. The molecule has 0 unspecified atom stereocenters. The van der Waals surface area contributed by atoms with Gasteiger partial charge in [0.25, 0.3) is 0 Å². The van der Waals surface area contributed by atoms with E-state index in [9.17, 15) is 0 Å². The maximum atomic E-state index is 8.34. The molecule has 19 heavy (non-hydrogen) atoms. The Hall–Kier alpha value is -0.795. The van der Waals surface area contributed by atoms with Crippen molar-refractivity contribution >= 4 is 12.6 Å². The van der Waals surface area contributed by atoms with Gasteiger partial charge >= 0.3 is 7.12 Å². The Morgan fingerprint density at radius 1 is 1.05 bits per heavy atom. The van der Waals surface area contributed by atoms with E-state index in [-0.39, 0.29) is 35.6 Å². The summed E-state index contributed by atoms with van der Waals surface area (Å²) in [5, 5.41) is 0. The van der Waals surface area contributed by atoms with E-state index in [1.54, 1.807) is 0 Å². The molecule has 2 nitrogen and oxygen atoms in total. The van der Waals surface area contributed by atoms with E-state index in [2.05, 4.69) is 0 Å². The van der Waals surface area contributed by atoms with Crippen molar-refractivity contribution in [3.05, 3.63) is 29.7 Å². The maximum Gasteiger partial charge on any atom is 0.494 e. The number of hydrogen-bond donors (Lipinski definition) is 0. The van der Waals surface area contributed by atoms with Crippen molar-refractivity contribution in [3.8, 4) is 0 Å². The third-order valence-electron chi connectivity index (χ3n) is 4.67. The van der Waals surface area contributed by atoms with Crippen molar-refractivity contribution in [1.82, 2.24) is 0 Å². The first-order valence-electron chi connectivity index (χ1n) is 9.02. The molecule has 1 aromatic rings. The van der Waals surface area contributed by atoms with Crippen LogP contribution in [0.4, 0.5) is 0 Å². The highest BCUT2D eigenvalue weighted by atomic mass is 16.7. The first kappa shape index (κ1) is 9.20. The van der Waals surface area contributed by atoms with Crippen LogP contribution in [0.2, 0.25) is 0 Å². The van der Waals surface area contributed by atoms with Crippen LogP contribution in [0, 0.1) is 0 Å². The summed E-state index contributed by atoms with van der Waals surface area (Å²) in [6.07, 6.45) is 2.96. The highest BCUT2D eigenvalue weighted by Crippen LogP contribution is 2.37. The van der Waals surface area contributed by atoms with Crippen molar-refractivity contribution < 1.29 is 14.8 Å². The third-order valence-corrected chi connectivity index (χ3v) is 4.67. The van der Waals surface area contributed by atoms with Gasteiger partial charge in [-0.2, -0.15) is 0 Å². The van der Waals surface area contributed by atoms with Crippen molar-refractivity contribution in [2.45, 2.75) is 64.1 Å². The van der Waals surface area contributed by atoms with Crippen LogP contribution in [-0.4, -0.2) is 18.3 Å². The normalized spacial score (nSPS) is 28.3. The van der Waals surface area contributed by atoms with E-state index in [0.717, 1.165) is 19.3 Å². The van der Waals surface area contributed by atoms with Gasteiger partial charge in [0.05, 0.1) is 16.7 Å². The van der Waals surface area contributed by atoms with E-state index in [1.165, 1.54) is 0 Å². The Balaban J connectivity index is 2.08. The van der Waals surface area contributed by atoms with Gasteiger partial charge in [0.2, 0.25) is 0 Å². The summed E-state index contributed by atoms with van der Waals surface area (Å²) < 4.78 is 45.1. The van der Waals surface area contributed by atoms with Gasteiger partial charge in [0.1, 0.15) is 0 Å². The minimum Gasteiger partial charge on any atom is -0.399 e. The SMILES string of the molecule is [2H]c1c([2H])c(C2CCC2)c([2H])c([2H])c1B1OC(C)(C)C(C)(C)O1. The highest BCUT2D eigenvalue weighted by Gasteiger charge is 2.51. The van der Waals surface area contributed by atoms with Gasteiger partial charge in [-0.3, -0.25) is 0 Å². The van der Waals surface area contributed by atoms with Gasteiger partial charge in [0, 0.05) is 0 Å². The van der Waals surface area contributed by atoms with Gasteiger partial charge in [-0.25, -0.2) is 0 Å². The molecule has 102 valence electrons. The average Bonchev–Trinajstić information content (AvgIpc) is 2.59. The predicted octanol–water partition coefficient (Wildman–Crippen LogP) is 3.25. The Kier molecular flexibility index (Phi) is 2.11. The fourth-order valence-electron chi connectivity index (χ4n) is 2.31. The zero-order valence-electron chi connectivity index (χ0n) is 16.1. The van der Waals surface area contributed by atoms with Crippen LogP contribution in [0.25, 0.3) is 0 Å². The second-order valence-corrected chi connectivity index (χ2v) is 6.54. The molecule has 0 amide bonds. The first-order valence-corrected chi connectivity index (χ1v) is 7.02. The molecule has 1 heterocycles. The zero-order chi connectivity index (χ0) is 17.2. The predicted molar refractivity (Wildman–Crippen MR) is 78.8 cm³/mol. The molecular weight excluding hydrogens is 235 g/mol. The van der Waals surface area contributed by atoms with Gasteiger partial charge in [-0.05, 0) is 57.5 Å². The first-order chi connectivity index (χ1) is 10.6. The summed E-state index contributed by atoms with van der Waals surface area (Å²) in [5.74, 6) is 0.149. The zero-order valence-corrected chi connectivity index (χ0v) is 12.1. The highest BCUT2D eigenvalue weighted by molar-refractivity contribution is 6.62. The Morgan fingerprint density at radius 3 is 2.00 bits per heavy atom. The molecule has 2 fully saturated rings. The number of hydrogen-bond acceptors (Lipinski definition) is 2. The third kappa shape index (κ3) is 2.23. The number of benzene rings is 1. The van der Waals surface area contributed by atoms with E-state index in [0.29, 0.717) is 5.56 Å². The molecule has 3 heteroatoms. The lowest BCUT2D eigenvalue weighted by Gasteiger charge is -2.32. The van der Waals surface area contributed by atoms with Gasteiger partial charge < -0.3 is 9.31 Å². The van der Waals surface area contributed by atoms with Crippen LogP contribution in [0.3, 0.4) is 0 Å². The molecular formula is C16H23BO2. The minimum atomic E-state index is -0.872. The van der Waals surface area contributed by atoms with E-state index in [1.807, 2.05) is 27.7 Å². The van der Waals surface area contributed by atoms with Crippen molar-refractivity contribution in [2.24, 2.45) is 0 Å². The summed E-state index contributed by atoms with van der Waals surface area (Å²) in [7, 11) is -0.872. The van der Waals surface area contributed by atoms with E-state index >= 15 is 0 Å². The smallest absolute Gasteiger partial charge is 0.399 e. The summed E-state index contributed by atoms with van der Waals surface area (Å²) in [6.45, 7) is 7.64. The summed E-state index contributed by atoms with van der Waals surface area (Å²) >= 11 is 0. The minimum absolute atomic E-state index is 0.0357. The van der Waals surface area contributed by atoms with E-state index in [4.69, 9.17) is 14.8 Å². The van der Waals surface area contributed by atoms with Gasteiger partial charge in [-0.1, -0.05) is 30.6 Å². The number of rotatable bonds is 2. The Bertz CT molecular complexity index is 611. The fourth-order valence-corrected chi connectivity index (χ4v) is 2.31. The van der Waals surface area contributed by atoms with Gasteiger partial charge in [-0.15, -0.1) is 0 Å². The second-order valence-electron chi connectivity index (χ2n) is 6.54. The molecule has 0 aromatic heterocycles. The van der Waals surface area contributed by atoms with Crippen LogP contribution in [0.1, 0.15) is 63.9 Å². The molecule has 1 aliphatic carbocycles. The summed E-state index contributed by atoms with van der Waals surface area (Å²) in [6, 6.07) is 0.0404. The fraction of sp³-hybridized carbons (Fsp3) is 0.625. The largest absolute Gasteiger partial charge is 0.494 e. The molecule has 0 radical (unpaired) electrons. The molecule has 1 aromatic carbocycles. The molecule has 0 spiro atoms. The summed E-state index contributed by atoms with van der Waals surface area (Å²) in [4.78, 5) is 0. The monoisotopic (exact) mass is 262 g/mol. The van der Waals surface area contributed by atoms with E-state index < -0.39 is 18.3 Å². The maximum absolute atomic E-state index is 8.34. The quantitative estimate of drug-likeness (QED) is 0.762. The van der Waals surface area contributed by atoms with Crippen molar-refractivity contribution in [1.29, 1.82) is 0 Å². The molecule has 1 saturated carbocycles. The molecule has 0 N–H and O–H groups in total. The van der Waals surface area contributed by atoms with Crippen molar-refractivity contribution in [2.75, 3.05) is 0 Å². The summed E-state index contributed by atoms with van der Waals surface area (Å²) in [5.41, 5.74) is -0.394. The van der Waals surface area contributed by atoms with Gasteiger partial charge in [0.15, 0.2) is 0 Å². The molecule has 3 rings (SSSR count). The Morgan fingerprint density at radius 2 is 1.58 bits per heavy atom. The second kappa shape index (κ2) is 4.36. The average molecular weight is 262 g/mol. The topological polar surface area (TPSA) is 18.5 Å². The standard InChI is InChI=1S/C16H23BO2/c1-15(2)16(3,4)19-17(18-15)14-10-8-13(9-11-14)12-6-5-7-12/h8-12H,5-7H2,1-4H3/i8D,9D,10D,11D. The molecule has 1 aliphatic heterocycles. The van der Waals surface area contributed by atoms with Crippen LogP contribution >= 0.6 is 0 Å². The molecule has 0 bridgehead atoms. The van der Waals surface area contributed by atoms with Crippen LogP contribution in [0.15, 0.2) is 24.2 Å². The van der Waals surface area contributed by atoms with Crippen LogP contribution < -0.4 is 5.46 Å². The molecule has 1 saturated heterocycles. The lowest BCUT2D eigenvalue weighted by atomic mass is 9.75. The lowest BCUT2D eigenvalue weighted by Crippen LogP contribution is -2.41.